The maximum Gasteiger partial charge on any atom is 0.263 e. The Morgan fingerprint density at radius 1 is 0.943 bits per heavy atom. The number of allylic oxidation sites excluding steroid dienone is 1. The van der Waals surface area contributed by atoms with Crippen molar-refractivity contribution in [1.82, 2.24) is 29.6 Å². The van der Waals surface area contributed by atoms with Crippen molar-refractivity contribution in [2.45, 2.75) is 83.5 Å². The minimum Gasteiger partial charge on any atom is -0.516 e. The number of benzene rings is 2. The summed E-state index contributed by atoms with van der Waals surface area (Å²) in [7, 11) is 1.63. The van der Waals surface area contributed by atoms with Crippen molar-refractivity contribution in [3.63, 3.8) is 0 Å². The molecule has 1 atom stereocenters. The van der Waals surface area contributed by atoms with Gasteiger partial charge >= 0.3 is 0 Å². The molecule has 0 saturated carbocycles. The molecule has 15 nitrogen and oxygen atoms in total. The van der Waals surface area contributed by atoms with Crippen molar-refractivity contribution >= 4 is 63.5 Å². The predicted octanol–water partition coefficient (Wildman–Crippen LogP) is 8.15. The van der Waals surface area contributed by atoms with Gasteiger partial charge in [-0.05, 0) is 143 Å². The molecule has 0 bridgehead atoms. The van der Waals surface area contributed by atoms with Crippen LogP contribution >= 0.6 is 15.9 Å². The molecule has 0 radical (unpaired) electrons. The minimum atomic E-state index is -0.854. The number of nitrogens with zero attached hydrogens (tertiary/aromatic N) is 7. The fraction of sp³-hybridized carbons (Fsp3) is 0.538. The Hall–Kier alpha value is -5.62. The molecule has 4 amide bonds. The molecule has 2 aromatic carbocycles. The first kappa shape index (κ1) is 52.2. The molecule has 5 saturated heterocycles. The normalized spacial score (nSPS) is 20.9. The van der Waals surface area contributed by atoms with Gasteiger partial charge in [-0.25, -0.2) is 13.8 Å². The topological polar surface area (TPSA) is 165 Å². The van der Waals surface area contributed by atoms with Gasteiger partial charge in [-0.15, -0.1) is 0 Å². The maximum atomic E-state index is 15.4. The SMILES string of the molecule is CC1CCN(C(=O)CO/N=C/c2c(/C(F)=C(\C=C\O)Nc3ccc(Br)cc3F)ncn2C)CC1.O=CN1CCC(CC2CCN(CC3CCN(c4cccc(C5CCC(=O)NC5=O)c4)CC3)CC2)CC1. The summed E-state index contributed by atoms with van der Waals surface area (Å²) in [6, 6.07) is 12.6. The number of amides is 4. The van der Waals surface area contributed by atoms with Crippen molar-refractivity contribution in [2.24, 2.45) is 35.9 Å². The zero-order valence-corrected chi connectivity index (χ0v) is 42.0. The van der Waals surface area contributed by atoms with E-state index in [1.54, 1.807) is 18.0 Å². The zero-order valence-electron chi connectivity index (χ0n) is 40.4. The number of aryl methyl sites for hydroxylation is 1. The fourth-order valence-electron chi connectivity index (χ4n) is 10.3. The largest absolute Gasteiger partial charge is 0.516 e. The van der Waals surface area contributed by atoms with Gasteiger partial charge in [-0.2, -0.15) is 0 Å². The lowest BCUT2D eigenvalue weighted by atomic mass is 9.82. The summed E-state index contributed by atoms with van der Waals surface area (Å²) in [5.41, 5.74) is 2.16. The van der Waals surface area contributed by atoms with Crippen molar-refractivity contribution in [2.75, 3.05) is 75.7 Å². The fourth-order valence-corrected chi connectivity index (χ4v) is 10.6. The summed E-state index contributed by atoms with van der Waals surface area (Å²) < 4.78 is 31.6. The van der Waals surface area contributed by atoms with E-state index in [0.717, 1.165) is 74.8 Å². The molecule has 18 heteroatoms. The van der Waals surface area contributed by atoms with Crippen molar-refractivity contribution in [1.29, 1.82) is 0 Å². The van der Waals surface area contributed by atoms with E-state index in [0.29, 0.717) is 42.6 Å². The van der Waals surface area contributed by atoms with E-state index in [2.05, 4.69) is 71.6 Å². The number of aliphatic hydroxyl groups is 1. The molecular weight excluding hydrogens is 965 g/mol. The summed E-state index contributed by atoms with van der Waals surface area (Å²) in [6.45, 7) is 11.1. The second kappa shape index (κ2) is 25.5. The number of carbonyl (C=O) groups is 4. The van der Waals surface area contributed by atoms with E-state index >= 15 is 4.39 Å². The van der Waals surface area contributed by atoms with Crippen LogP contribution in [0.1, 0.15) is 100 Å². The van der Waals surface area contributed by atoms with E-state index < -0.39 is 11.6 Å². The smallest absolute Gasteiger partial charge is 0.263 e. The highest BCUT2D eigenvalue weighted by atomic mass is 79.9. The number of hydrogen-bond acceptors (Lipinski definition) is 11. The zero-order chi connectivity index (χ0) is 49.6. The number of rotatable bonds is 15. The Morgan fingerprint density at radius 2 is 1.64 bits per heavy atom. The summed E-state index contributed by atoms with van der Waals surface area (Å²) >= 11 is 3.16. The molecule has 1 aromatic heterocycles. The summed E-state index contributed by atoms with van der Waals surface area (Å²) in [5.74, 6) is 0.901. The van der Waals surface area contributed by atoms with Crippen molar-refractivity contribution < 1.29 is 37.9 Å². The predicted molar refractivity (Wildman–Crippen MR) is 270 cm³/mol. The van der Waals surface area contributed by atoms with Gasteiger partial charge in [0, 0.05) is 69.4 Å². The molecule has 6 heterocycles. The van der Waals surface area contributed by atoms with Crippen LogP contribution in [0.25, 0.3) is 5.83 Å². The molecule has 5 aliphatic rings. The van der Waals surface area contributed by atoms with Gasteiger partial charge in [0.15, 0.2) is 12.4 Å². The molecule has 8 rings (SSSR count). The van der Waals surface area contributed by atoms with Crippen LogP contribution < -0.4 is 15.5 Å². The first-order valence-electron chi connectivity index (χ1n) is 24.8. The number of aromatic nitrogens is 2. The van der Waals surface area contributed by atoms with Crippen LogP contribution in [0.15, 0.2) is 76.5 Å². The van der Waals surface area contributed by atoms with Gasteiger partial charge in [-0.3, -0.25) is 24.5 Å². The molecule has 0 spiro atoms. The van der Waals surface area contributed by atoms with Gasteiger partial charge < -0.3 is 39.4 Å². The van der Waals surface area contributed by atoms with Gasteiger partial charge in [0.2, 0.25) is 18.2 Å². The first-order chi connectivity index (χ1) is 33.9. The number of anilines is 2. The third-order valence-corrected chi connectivity index (χ3v) is 15.1. The molecule has 3 aromatic rings. The van der Waals surface area contributed by atoms with E-state index in [9.17, 15) is 28.7 Å². The van der Waals surface area contributed by atoms with Crippen molar-refractivity contribution in [3.05, 3.63) is 94.1 Å². The highest BCUT2D eigenvalue weighted by Gasteiger charge is 2.30. The molecule has 0 aliphatic carbocycles. The molecule has 3 N–H and O–H groups in total. The van der Waals surface area contributed by atoms with E-state index in [1.165, 1.54) is 99.5 Å². The lowest BCUT2D eigenvalue weighted by Gasteiger charge is -2.39. The molecule has 70 heavy (non-hydrogen) atoms. The third-order valence-electron chi connectivity index (χ3n) is 14.6. The quantitative estimate of drug-likeness (QED) is 0.0338. The van der Waals surface area contributed by atoms with E-state index in [1.807, 2.05) is 11.0 Å². The number of carbonyl (C=O) groups excluding carboxylic acids is 4. The average Bonchev–Trinajstić information content (AvgIpc) is 3.74. The van der Waals surface area contributed by atoms with Gasteiger partial charge in [0.05, 0.1) is 41.8 Å². The number of likely N-dealkylation sites (tertiary alicyclic amines) is 3. The number of imide groups is 1. The molecular formula is C52H68BrF2N9O6. The minimum absolute atomic E-state index is 0.00607. The highest BCUT2D eigenvalue weighted by molar-refractivity contribution is 9.10. The number of aliphatic hydroxyl groups excluding tert-OH is 1. The summed E-state index contributed by atoms with van der Waals surface area (Å²) in [4.78, 5) is 65.0. The van der Waals surface area contributed by atoms with Crippen LogP contribution in [0.5, 0.6) is 0 Å². The van der Waals surface area contributed by atoms with Gasteiger partial charge in [-0.1, -0.05) is 40.1 Å². The number of nitrogens with one attached hydrogen (secondary N) is 2. The average molecular weight is 1030 g/mol. The number of halogens is 3. The summed E-state index contributed by atoms with van der Waals surface area (Å²) in [5, 5.41) is 18.1. The van der Waals surface area contributed by atoms with Crippen LogP contribution in [0.4, 0.5) is 20.2 Å². The Kier molecular flexibility index (Phi) is 19.0. The van der Waals surface area contributed by atoms with Crippen LogP contribution in [-0.4, -0.2) is 125 Å². The number of hydrogen-bond donors (Lipinski definition) is 3. The lowest BCUT2D eigenvalue weighted by molar-refractivity contribution is -0.137. The van der Waals surface area contributed by atoms with Gasteiger partial charge in [0.1, 0.15) is 11.5 Å². The molecule has 5 fully saturated rings. The second-order valence-electron chi connectivity index (χ2n) is 19.5. The summed E-state index contributed by atoms with van der Waals surface area (Å²) in [6.07, 6.45) is 17.1. The maximum absolute atomic E-state index is 15.4. The van der Waals surface area contributed by atoms with E-state index in [-0.39, 0.29) is 53.0 Å². The standard InChI is InChI=1S/C29H42N4O3.C23H26BrF2N5O3/c34-21-32-14-8-23(9-15-32)18-22-6-12-31(13-7-22)20-24-10-16-33(17-11-24)26-3-1-2-25(19-26)27-4-5-28(35)30-29(27)36;1-15-5-8-31(9-6-15)21(33)13-34-28-12-20-23(27-14-30(20)2)22(26)19(7-10-32)29-18-4-3-16(24)11-17(18)25/h1-3,19,21-24,27H,4-18,20H2,(H,30,35,36);3-4,7,10-12,14-15,29,32H,5-6,8-9,13H2,1-2H3/b;10-7+,22-19-,28-12+. The number of imidazole rings is 1. The number of piperidine rings is 5. The van der Waals surface area contributed by atoms with Crippen LogP contribution in [0, 0.1) is 29.5 Å². The lowest BCUT2D eigenvalue weighted by Crippen LogP contribution is -2.42. The van der Waals surface area contributed by atoms with Crippen LogP contribution in [0.2, 0.25) is 0 Å². The first-order valence-corrected chi connectivity index (χ1v) is 25.6. The van der Waals surface area contributed by atoms with Crippen LogP contribution in [-0.2, 0) is 31.1 Å². The monoisotopic (exact) mass is 1030 g/mol. The Bertz CT molecular complexity index is 2350. The second-order valence-corrected chi connectivity index (χ2v) is 20.5. The molecule has 378 valence electrons. The number of oxime groups is 1. The highest BCUT2D eigenvalue weighted by Crippen LogP contribution is 2.33. The van der Waals surface area contributed by atoms with Crippen LogP contribution in [0.3, 0.4) is 0 Å². The van der Waals surface area contributed by atoms with Crippen molar-refractivity contribution in [3.8, 4) is 0 Å². The Balaban J connectivity index is 0.000000207. The Morgan fingerprint density at radius 3 is 2.31 bits per heavy atom. The third kappa shape index (κ3) is 14.5. The van der Waals surface area contributed by atoms with E-state index in [4.69, 9.17) is 4.84 Å². The Labute approximate surface area is 418 Å². The molecule has 5 aliphatic heterocycles. The van der Waals surface area contributed by atoms with Gasteiger partial charge in [0.25, 0.3) is 5.91 Å². The molecule has 1 unspecified atom stereocenters.